The summed E-state index contributed by atoms with van der Waals surface area (Å²) < 4.78 is 0. The van der Waals surface area contributed by atoms with Gasteiger partial charge in [-0.25, -0.2) is 0 Å². The Balaban J connectivity index is 0.000000980. The highest BCUT2D eigenvalue weighted by atomic mass is 35.5. The lowest BCUT2D eigenvalue weighted by molar-refractivity contribution is 0.247. The third-order valence-electron chi connectivity index (χ3n) is 5.20. The summed E-state index contributed by atoms with van der Waals surface area (Å²) in [6, 6.07) is 13.5. The van der Waals surface area contributed by atoms with E-state index in [1.54, 1.807) is 0 Å². The second kappa shape index (κ2) is 7.82. The predicted molar refractivity (Wildman–Crippen MR) is 111 cm³/mol. The standard InChI is InChI=1S/C19H21N5.2ClH/c1-4-17-15(7-8-20-17)13-14(1)18-5-6-19(22-21-18)24-11-9-23(10-12-24)16-2-3-16;;/h1,4-8,13,16,20H,2-3,9-12H2;2*1H. The highest BCUT2D eigenvalue weighted by Crippen LogP contribution is 2.28. The fourth-order valence-corrected chi connectivity index (χ4v) is 3.62. The van der Waals surface area contributed by atoms with E-state index >= 15 is 0 Å². The van der Waals surface area contributed by atoms with Gasteiger partial charge in [0, 0.05) is 54.9 Å². The molecule has 5 rings (SSSR count). The molecule has 0 bridgehead atoms. The lowest BCUT2D eigenvalue weighted by Crippen LogP contribution is -2.47. The van der Waals surface area contributed by atoms with Crippen molar-refractivity contribution < 1.29 is 0 Å². The molecule has 1 saturated carbocycles. The summed E-state index contributed by atoms with van der Waals surface area (Å²) in [5.74, 6) is 0.997. The summed E-state index contributed by atoms with van der Waals surface area (Å²) in [5, 5.41) is 10.2. The van der Waals surface area contributed by atoms with Crippen molar-refractivity contribution in [2.45, 2.75) is 18.9 Å². The minimum Gasteiger partial charge on any atom is -0.361 e. The molecule has 0 radical (unpaired) electrons. The lowest BCUT2D eigenvalue weighted by atomic mass is 10.1. The van der Waals surface area contributed by atoms with E-state index in [9.17, 15) is 0 Å². The van der Waals surface area contributed by atoms with E-state index in [-0.39, 0.29) is 24.8 Å². The van der Waals surface area contributed by atoms with Crippen LogP contribution in [0.3, 0.4) is 0 Å². The molecule has 2 aliphatic rings. The largest absolute Gasteiger partial charge is 0.361 e. The number of rotatable bonds is 3. The number of fused-ring (bicyclic) bond motifs is 1. The molecule has 2 aromatic heterocycles. The summed E-state index contributed by atoms with van der Waals surface area (Å²) in [7, 11) is 0. The summed E-state index contributed by atoms with van der Waals surface area (Å²) in [5.41, 5.74) is 3.19. The molecule has 1 aliphatic heterocycles. The van der Waals surface area contributed by atoms with Crippen LogP contribution in [0.15, 0.2) is 42.6 Å². The molecule has 3 aromatic rings. The molecule has 1 aromatic carbocycles. The Hall–Kier alpha value is -1.82. The normalized spacial score (nSPS) is 17.6. The maximum Gasteiger partial charge on any atom is 0.151 e. The summed E-state index contributed by atoms with van der Waals surface area (Å²) in [6.45, 7) is 4.41. The lowest BCUT2D eigenvalue weighted by Gasteiger charge is -2.35. The first-order valence-electron chi connectivity index (χ1n) is 8.77. The molecule has 3 heterocycles. The number of halogens is 2. The average molecular weight is 392 g/mol. The van der Waals surface area contributed by atoms with Gasteiger partial charge in [0.25, 0.3) is 0 Å². The smallest absolute Gasteiger partial charge is 0.151 e. The minimum absolute atomic E-state index is 0. The van der Waals surface area contributed by atoms with Crippen LogP contribution in [0.1, 0.15) is 12.8 Å². The summed E-state index contributed by atoms with van der Waals surface area (Å²) in [6.07, 6.45) is 4.74. The van der Waals surface area contributed by atoms with E-state index in [4.69, 9.17) is 0 Å². The number of H-pyrrole nitrogens is 1. The van der Waals surface area contributed by atoms with Gasteiger partial charge in [0.15, 0.2) is 5.82 Å². The molecule has 0 atom stereocenters. The van der Waals surface area contributed by atoms with E-state index in [1.807, 2.05) is 6.20 Å². The van der Waals surface area contributed by atoms with Gasteiger partial charge in [-0.05, 0) is 43.2 Å². The van der Waals surface area contributed by atoms with Gasteiger partial charge in [-0.15, -0.1) is 35.0 Å². The Morgan fingerprint density at radius 2 is 1.69 bits per heavy atom. The Morgan fingerprint density at radius 3 is 2.38 bits per heavy atom. The number of nitrogens with one attached hydrogen (secondary N) is 1. The molecule has 138 valence electrons. The van der Waals surface area contributed by atoms with Crippen LogP contribution in [-0.2, 0) is 0 Å². The number of nitrogens with zero attached hydrogens (tertiary/aromatic N) is 4. The van der Waals surface area contributed by atoms with Crippen molar-refractivity contribution in [3.63, 3.8) is 0 Å². The van der Waals surface area contributed by atoms with E-state index in [0.29, 0.717) is 0 Å². The molecule has 26 heavy (non-hydrogen) atoms. The van der Waals surface area contributed by atoms with Crippen LogP contribution < -0.4 is 4.90 Å². The zero-order chi connectivity index (χ0) is 15.9. The topological polar surface area (TPSA) is 48.1 Å². The van der Waals surface area contributed by atoms with Crippen molar-refractivity contribution >= 4 is 41.5 Å². The van der Waals surface area contributed by atoms with Gasteiger partial charge in [-0.3, -0.25) is 4.90 Å². The fourth-order valence-electron chi connectivity index (χ4n) is 3.62. The average Bonchev–Trinajstić information content (AvgIpc) is 3.39. The van der Waals surface area contributed by atoms with Gasteiger partial charge >= 0.3 is 0 Å². The van der Waals surface area contributed by atoms with Crippen LogP contribution >= 0.6 is 24.8 Å². The molecule has 0 unspecified atom stereocenters. The maximum atomic E-state index is 4.48. The van der Waals surface area contributed by atoms with Crippen molar-refractivity contribution in [3.05, 3.63) is 42.6 Å². The molecule has 0 spiro atoms. The maximum absolute atomic E-state index is 4.48. The second-order valence-electron chi connectivity index (χ2n) is 6.81. The molecule has 1 saturated heterocycles. The molecule has 7 heteroatoms. The van der Waals surface area contributed by atoms with E-state index in [0.717, 1.165) is 54.8 Å². The van der Waals surface area contributed by atoms with Crippen molar-refractivity contribution in [2.24, 2.45) is 0 Å². The molecule has 1 aliphatic carbocycles. The highest BCUT2D eigenvalue weighted by Gasteiger charge is 2.31. The summed E-state index contributed by atoms with van der Waals surface area (Å²) in [4.78, 5) is 8.19. The Morgan fingerprint density at radius 1 is 0.885 bits per heavy atom. The zero-order valence-corrected chi connectivity index (χ0v) is 16.1. The Bertz CT molecular complexity index is 852. The number of aromatic nitrogens is 3. The first kappa shape index (κ1) is 19.0. The van der Waals surface area contributed by atoms with Crippen molar-refractivity contribution in [1.29, 1.82) is 0 Å². The van der Waals surface area contributed by atoms with Gasteiger partial charge < -0.3 is 9.88 Å². The van der Waals surface area contributed by atoms with Crippen LogP contribution in [0, 0.1) is 0 Å². The first-order chi connectivity index (χ1) is 11.9. The number of anilines is 1. The number of piperazine rings is 1. The number of aromatic amines is 1. The van der Waals surface area contributed by atoms with Gasteiger partial charge in [-0.2, -0.15) is 0 Å². The number of benzene rings is 1. The second-order valence-corrected chi connectivity index (χ2v) is 6.81. The Kier molecular flexibility index (Phi) is 5.70. The molecule has 5 nitrogen and oxygen atoms in total. The third kappa shape index (κ3) is 3.65. The van der Waals surface area contributed by atoms with Crippen LogP contribution in [0.4, 0.5) is 5.82 Å². The SMILES string of the molecule is Cl.Cl.c1cc2cc(-c3ccc(N4CCN(C5CC5)CC4)nn3)ccc2[nH]1. The van der Waals surface area contributed by atoms with E-state index in [1.165, 1.54) is 18.2 Å². The van der Waals surface area contributed by atoms with E-state index < -0.39 is 0 Å². The quantitative estimate of drug-likeness (QED) is 0.738. The van der Waals surface area contributed by atoms with Gasteiger partial charge in [-0.1, -0.05) is 6.07 Å². The van der Waals surface area contributed by atoms with Crippen molar-refractivity contribution in [2.75, 3.05) is 31.1 Å². The Labute approximate surface area is 165 Å². The van der Waals surface area contributed by atoms with Crippen LogP contribution in [0.5, 0.6) is 0 Å². The molecule has 1 N–H and O–H groups in total. The predicted octanol–water partition coefficient (Wildman–Crippen LogP) is 3.75. The molecular weight excluding hydrogens is 369 g/mol. The third-order valence-corrected chi connectivity index (χ3v) is 5.20. The van der Waals surface area contributed by atoms with Crippen LogP contribution in [0.25, 0.3) is 22.2 Å². The van der Waals surface area contributed by atoms with Crippen LogP contribution in [-0.4, -0.2) is 52.3 Å². The molecule has 0 amide bonds. The van der Waals surface area contributed by atoms with Gasteiger partial charge in [0.05, 0.1) is 5.69 Å². The number of hydrogen-bond acceptors (Lipinski definition) is 4. The van der Waals surface area contributed by atoms with Crippen molar-refractivity contribution in [3.8, 4) is 11.3 Å². The first-order valence-corrected chi connectivity index (χ1v) is 8.77. The highest BCUT2D eigenvalue weighted by molar-refractivity contribution is 5.86. The molecular formula is C19H23Cl2N5. The summed E-state index contributed by atoms with van der Waals surface area (Å²) >= 11 is 0. The minimum atomic E-state index is 0. The van der Waals surface area contributed by atoms with Gasteiger partial charge in [0.2, 0.25) is 0 Å². The monoisotopic (exact) mass is 391 g/mol. The molecule has 2 fully saturated rings. The van der Waals surface area contributed by atoms with Crippen molar-refractivity contribution in [1.82, 2.24) is 20.1 Å². The van der Waals surface area contributed by atoms with E-state index in [2.05, 4.69) is 61.4 Å². The number of hydrogen-bond donors (Lipinski definition) is 1. The zero-order valence-electron chi connectivity index (χ0n) is 14.5. The van der Waals surface area contributed by atoms with Gasteiger partial charge in [0.1, 0.15) is 0 Å². The van der Waals surface area contributed by atoms with Crippen LogP contribution in [0.2, 0.25) is 0 Å². The fraction of sp³-hybridized carbons (Fsp3) is 0.368.